The number of nitrogens with zero attached hydrogens (tertiary/aromatic N) is 1. The molecule has 3 N–H and O–H groups in total. The highest BCUT2D eigenvalue weighted by atomic mass is 35.5. The maximum absolute atomic E-state index is 12.2. The van der Waals surface area contributed by atoms with Gasteiger partial charge in [-0.15, -0.1) is 35.5 Å². The first-order chi connectivity index (χ1) is 9.60. The Bertz CT molecular complexity index is 601. The summed E-state index contributed by atoms with van der Waals surface area (Å²) in [6, 6.07) is 7.79. The standard InChI is InChI=1S/C14H17N3OS2.ClH/c1-9(2)20-12-6-4-3-5-10(12)17-14(18)11-8-19-13(7-15)16-11;/h3-6,8-9H,7,15H2,1-2H3,(H,17,18);1H. The fourth-order valence-electron chi connectivity index (χ4n) is 1.62. The monoisotopic (exact) mass is 343 g/mol. The quantitative estimate of drug-likeness (QED) is 0.811. The highest BCUT2D eigenvalue weighted by Gasteiger charge is 2.13. The van der Waals surface area contributed by atoms with E-state index in [2.05, 4.69) is 24.1 Å². The molecule has 0 radical (unpaired) electrons. The van der Waals surface area contributed by atoms with Crippen LogP contribution in [0.5, 0.6) is 0 Å². The molecule has 114 valence electrons. The molecular weight excluding hydrogens is 326 g/mol. The zero-order valence-electron chi connectivity index (χ0n) is 11.8. The van der Waals surface area contributed by atoms with Crippen LogP contribution in [0.2, 0.25) is 0 Å². The summed E-state index contributed by atoms with van der Waals surface area (Å²) in [5.74, 6) is -0.197. The molecule has 0 unspecified atom stereocenters. The number of aromatic nitrogens is 1. The highest BCUT2D eigenvalue weighted by Crippen LogP contribution is 2.30. The third-order valence-electron chi connectivity index (χ3n) is 2.46. The number of thiazole rings is 1. The topological polar surface area (TPSA) is 68.0 Å². The van der Waals surface area contributed by atoms with E-state index in [1.807, 2.05) is 24.3 Å². The van der Waals surface area contributed by atoms with Gasteiger partial charge in [0.1, 0.15) is 10.7 Å². The van der Waals surface area contributed by atoms with Gasteiger partial charge in [0.25, 0.3) is 5.91 Å². The predicted octanol–water partition coefficient (Wildman–Crippen LogP) is 3.78. The van der Waals surface area contributed by atoms with Crippen molar-refractivity contribution in [2.24, 2.45) is 5.73 Å². The van der Waals surface area contributed by atoms with Crippen molar-refractivity contribution in [2.75, 3.05) is 5.32 Å². The molecule has 0 spiro atoms. The lowest BCUT2D eigenvalue weighted by Gasteiger charge is -2.11. The van der Waals surface area contributed by atoms with Crippen LogP contribution in [0.25, 0.3) is 0 Å². The van der Waals surface area contributed by atoms with Crippen LogP contribution in [-0.2, 0) is 6.54 Å². The fourth-order valence-corrected chi connectivity index (χ4v) is 3.19. The number of carbonyl (C=O) groups is 1. The Morgan fingerprint density at radius 3 is 2.76 bits per heavy atom. The van der Waals surface area contributed by atoms with E-state index >= 15 is 0 Å². The molecule has 1 aromatic heterocycles. The lowest BCUT2D eigenvalue weighted by molar-refractivity contribution is 0.102. The molecule has 7 heteroatoms. The Hall–Kier alpha value is -1.08. The normalized spacial score (nSPS) is 10.3. The summed E-state index contributed by atoms with van der Waals surface area (Å²) in [5.41, 5.74) is 6.74. The molecule has 0 aliphatic heterocycles. The molecular formula is C14H18ClN3OS2. The van der Waals surface area contributed by atoms with Crippen molar-refractivity contribution < 1.29 is 4.79 Å². The number of thioether (sulfide) groups is 1. The summed E-state index contributed by atoms with van der Waals surface area (Å²) in [5, 5.41) is 5.86. The average molecular weight is 344 g/mol. The molecule has 2 aromatic rings. The zero-order chi connectivity index (χ0) is 14.5. The summed E-state index contributed by atoms with van der Waals surface area (Å²) in [4.78, 5) is 17.4. The lowest BCUT2D eigenvalue weighted by atomic mass is 10.3. The van der Waals surface area contributed by atoms with Crippen molar-refractivity contribution in [2.45, 2.75) is 30.5 Å². The molecule has 0 saturated heterocycles. The van der Waals surface area contributed by atoms with Crippen LogP contribution >= 0.6 is 35.5 Å². The van der Waals surface area contributed by atoms with Crippen LogP contribution in [0.15, 0.2) is 34.5 Å². The van der Waals surface area contributed by atoms with E-state index in [9.17, 15) is 4.79 Å². The Morgan fingerprint density at radius 2 is 2.14 bits per heavy atom. The minimum Gasteiger partial charge on any atom is -0.325 e. The van der Waals surface area contributed by atoms with Crippen molar-refractivity contribution in [3.63, 3.8) is 0 Å². The molecule has 0 atom stereocenters. The molecule has 0 aliphatic carbocycles. The number of amides is 1. The molecule has 0 fully saturated rings. The Labute approximate surface area is 139 Å². The van der Waals surface area contributed by atoms with Crippen LogP contribution in [0, 0.1) is 0 Å². The van der Waals surface area contributed by atoms with Crippen LogP contribution in [0.3, 0.4) is 0 Å². The average Bonchev–Trinajstić information content (AvgIpc) is 2.89. The van der Waals surface area contributed by atoms with E-state index in [4.69, 9.17) is 5.73 Å². The second-order valence-electron chi connectivity index (χ2n) is 4.45. The van der Waals surface area contributed by atoms with E-state index in [1.54, 1.807) is 17.1 Å². The van der Waals surface area contributed by atoms with Gasteiger partial charge in [0, 0.05) is 22.1 Å². The summed E-state index contributed by atoms with van der Waals surface area (Å²) >= 11 is 3.12. The van der Waals surface area contributed by atoms with Crippen molar-refractivity contribution in [1.29, 1.82) is 0 Å². The van der Waals surface area contributed by atoms with E-state index in [1.165, 1.54) is 11.3 Å². The summed E-state index contributed by atoms with van der Waals surface area (Å²) in [6.07, 6.45) is 0. The van der Waals surface area contributed by atoms with Crippen LogP contribution in [0.4, 0.5) is 5.69 Å². The minimum atomic E-state index is -0.197. The number of nitrogens with one attached hydrogen (secondary N) is 1. The van der Waals surface area contributed by atoms with Gasteiger partial charge in [-0.25, -0.2) is 4.98 Å². The number of benzene rings is 1. The second kappa shape index (κ2) is 8.38. The smallest absolute Gasteiger partial charge is 0.275 e. The first kappa shape index (κ1) is 18.0. The SMILES string of the molecule is CC(C)Sc1ccccc1NC(=O)c1csc(CN)n1.Cl. The molecule has 0 bridgehead atoms. The Balaban J connectivity index is 0.00000220. The third-order valence-corrected chi connectivity index (χ3v) is 4.41. The van der Waals surface area contributed by atoms with Gasteiger partial charge < -0.3 is 11.1 Å². The Morgan fingerprint density at radius 1 is 1.43 bits per heavy atom. The number of rotatable bonds is 5. The largest absolute Gasteiger partial charge is 0.325 e. The number of nitrogens with two attached hydrogens (primary N) is 1. The number of carbonyl (C=O) groups excluding carboxylic acids is 1. The molecule has 0 saturated carbocycles. The van der Waals surface area contributed by atoms with Crippen LogP contribution < -0.4 is 11.1 Å². The molecule has 1 heterocycles. The molecule has 4 nitrogen and oxygen atoms in total. The number of para-hydroxylation sites is 1. The van der Waals surface area contributed by atoms with Gasteiger partial charge in [-0.3, -0.25) is 4.79 Å². The van der Waals surface area contributed by atoms with Gasteiger partial charge in [-0.1, -0.05) is 26.0 Å². The van der Waals surface area contributed by atoms with Crippen LogP contribution in [-0.4, -0.2) is 16.1 Å². The molecule has 0 aliphatic rings. The van der Waals surface area contributed by atoms with E-state index in [-0.39, 0.29) is 18.3 Å². The van der Waals surface area contributed by atoms with Crippen molar-refractivity contribution in [3.8, 4) is 0 Å². The van der Waals surface area contributed by atoms with Gasteiger partial charge in [0.05, 0.1) is 5.69 Å². The lowest BCUT2D eigenvalue weighted by Crippen LogP contribution is -2.13. The third kappa shape index (κ3) is 5.00. The maximum Gasteiger partial charge on any atom is 0.275 e. The van der Waals surface area contributed by atoms with Gasteiger partial charge in [-0.05, 0) is 12.1 Å². The maximum atomic E-state index is 12.2. The Kier molecular flexibility index (Phi) is 7.17. The molecule has 1 aromatic carbocycles. The summed E-state index contributed by atoms with van der Waals surface area (Å²) in [7, 11) is 0. The van der Waals surface area contributed by atoms with E-state index in [0.717, 1.165) is 15.6 Å². The van der Waals surface area contributed by atoms with Gasteiger partial charge >= 0.3 is 0 Å². The van der Waals surface area contributed by atoms with Crippen molar-refractivity contribution in [1.82, 2.24) is 4.98 Å². The first-order valence-electron chi connectivity index (χ1n) is 6.31. The summed E-state index contributed by atoms with van der Waals surface area (Å²) < 4.78 is 0. The van der Waals surface area contributed by atoms with Crippen molar-refractivity contribution >= 4 is 47.1 Å². The van der Waals surface area contributed by atoms with Gasteiger partial charge in [-0.2, -0.15) is 0 Å². The van der Waals surface area contributed by atoms with Gasteiger partial charge in [0.2, 0.25) is 0 Å². The number of hydrogen-bond donors (Lipinski definition) is 2. The zero-order valence-corrected chi connectivity index (χ0v) is 14.3. The predicted molar refractivity (Wildman–Crippen MR) is 92.6 cm³/mol. The summed E-state index contributed by atoms with van der Waals surface area (Å²) in [6.45, 7) is 4.60. The number of anilines is 1. The molecule has 2 rings (SSSR count). The van der Waals surface area contributed by atoms with E-state index < -0.39 is 0 Å². The fraction of sp³-hybridized carbons (Fsp3) is 0.286. The van der Waals surface area contributed by atoms with E-state index in [0.29, 0.717) is 17.5 Å². The number of halogens is 1. The number of hydrogen-bond acceptors (Lipinski definition) is 5. The molecule has 21 heavy (non-hydrogen) atoms. The van der Waals surface area contributed by atoms with Gasteiger partial charge in [0.15, 0.2) is 0 Å². The molecule has 1 amide bonds. The van der Waals surface area contributed by atoms with Crippen LogP contribution in [0.1, 0.15) is 29.3 Å². The first-order valence-corrected chi connectivity index (χ1v) is 8.07. The highest BCUT2D eigenvalue weighted by molar-refractivity contribution is 8.00. The van der Waals surface area contributed by atoms with Crippen molar-refractivity contribution in [3.05, 3.63) is 40.3 Å². The minimum absolute atomic E-state index is 0. The second-order valence-corrected chi connectivity index (χ2v) is 7.01.